The molecule has 10 unspecified atom stereocenters. The van der Waals surface area contributed by atoms with Crippen LogP contribution in [0.15, 0.2) is 62.6 Å². The summed E-state index contributed by atoms with van der Waals surface area (Å²) in [7, 11) is 1.39. The van der Waals surface area contributed by atoms with Gasteiger partial charge in [0, 0.05) is 26.7 Å². The van der Waals surface area contributed by atoms with Gasteiger partial charge in [-0.05, 0) is 141 Å². The number of fused-ring (bicyclic) bond motifs is 9. The van der Waals surface area contributed by atoms with E-state index in [1.54, 1.807) is 0 Å². The van der Waals surface area contributed by atoms with Crippen molar-refractivity contribution in [3.05, 3.63) is 107 Å². The average Bonchev–Trinajstić information content (AvgIpc) is 3.42. The SMILES string of the molecule is CCCCCCCCC1C(CCCCCC)CCC(CCCCCCCCn2c(=O)c3cc4c(=O)n(CC5CC6CC5C5CC(Cn7c(=O)c8cc9c(=O)n(C)c(=O)c9cc8c7=O)CC65)c(=O)c4cc3c2=O)C1CCCCCCCC. The van der Waals surface area contributed by atoms with Crippen LogP contribution in [0.25, 0.3) is 43.1 Å². The summed E-state index contributed by atoms with van der Waals surface area (Å²) in [5.74, 6) is 5.35. The number of hydrogen-bond donors (Lipinski definition) is 0. The third-order valence-electron chi connectivity index (χ3n) is 21.9. The fraction of sp³-hybridized carbons (Fsp3) is 0.710. The molecule has 12 heteroatoms. The normalized spacial score (nSPS) is 24.6. The molecule has 2 aromatic carbocycles. The molecule has 0 saturated heterocycles. The number of hydrogen-bond acceptors (Lipinski definition) is 8. The van der Waals surface area contributed by atoms with Crippen molar-refractivity contribution in [2.75, 3.05) is 0 Å². The van der Waals surface area contributed by atoms with E-state index in [9.17, 15) is 38.4 Å². The molecule has 0 aliphatic heterocycles. The Morgan fingerprint density at radius 2 is 0.704 bits per heavy atom. The topological polar surface area (TPSA) is 156 Å². The predicted octanol–water partition coefficient (Wildman–Crippen LogP) is 13.1. The molecular weight excluding hydrogens is 1010 g/mol. The van der Waals surface area contributed by atoms with Gasteiger partial charge in [-0.15, -0.1) is 0 Å². The molecule has 4 fully saturated rings. The molecule has 4 aliphatic rings. The Bertz CT molecular complexity index is 3400. The van der Waals surface area contributed by atoms with Crippen LogP contribution in [-0.2, 0) is 26.7 Å². The maximum atomic E-state index is 14.1. The largest absolute Gasteiger partial charge is 0.277 e. The second-order valence-corrected chi connectivity index (χ2v) is 26.9. The van der Waals surface area contributed by atoms with Gasteiger partial charge in [-0.2, -0.15) is 0 Å². The van der Waals surface area contributed by atoms with Crippen molar-refractivity contribution in [3.63, 3.8) is 0 Å². The van der Waals surface area contributed by atoms with Crippen LogP contribution in [0.4, 0.5) is 0 Å². The Labute approximate surface area is 478 Å². The summed E-state index contributed by atoms with van der Waals surface area (Å²) in [6, 6.07) is 5.80. The van der Waals surface area contributed by atoms with Crippen molar-refractivity contribution in [1.82, 2.24) is 18.3 Å². The Hall–Kier alpha value is -5.00. The van der Waals surface area contributed by atoms with Gasteiger partial charge in [0.15, 0.2) is 0 Å². The summed E-state index contributed by atoms with van der Waals surface area (Å²) in [6.45, 7) is 7.85. The molecule has 4 saturated carbocycles. The monoisotopic (exact) mass is 1110 g/mol. The standard InChI is InChI=1S/C69H96N4O8/c1-5-8-11-14-19-24-29-49-45(27-22-13-10-7-3)31-32-46(50(49)30-25-20-15-12-9-6-2)28-23-18-16-17-21-26-33-71-64(76)56-40-60-61(41-57(56)65(71)77)69(81)73(68(60)80)43-48-36-47-37-52(48)53-35-44(34-51(47)53)42-72-66(78)58-38-54-55(39-59(58)67(72)79)63(75)70(4)62(54)74/h38-41,44-53H,5-37,42-43H2,1-4H3. The fourth-order valence-electron chi connectivity index (χ4n) is 17.6. The number of nitrogens with zero attached hydrogens (tertiary/aromatic N) is 4. The molecule has 2 bridgehead atoms. The molecule has 440 valence electrons. The van der Waals surface area contributed by atoms with Gasteiger partial charge in [-0.25, -0.2) is 0 Å². The maximum Gasteiger partial charge on any atom is 0.261 e. The summed E-state index contributed by atoms with van der Waals surface area (Å²) in [5.41, 5.74) is -3.40. The van der Waals surface area contributed by atoms with Crippen molar-refractivity contribution in [1.29, 1.82) is 0 Å². The first kappa shape index (κ1) is 59.2. The van der Waals surface area contributed by atoms with Gasteiger partial charge in [-0.3, -0.25) is 56.6 Å². The summed E-state index contributed by atoms with van der Waals surface area (Å²) in [4.78, 5) is 108. The highest BCUT2D eigenvalue weighted by Gasteiger charge is 2.56. The number of aromatic nitrogens is 4. The Morgan fingerprint density at radius 1 is 0.346 bits per heavy atom. The quantitative estimate of drug-likeness (QED) is 0.0378. The Balaban J connectivity index is 0.714. The maximum absolute atomic E-state index is 14.1. The van der Waals surface area contributed by atoms with E-state index >= 15 is 0 Å². The second-order valence-electron chi connectivity index (χ2n) is 26.9. The highest BCUT2D eigenvalue weighted by Crippen LogP contribution is 2.62. The Kier molecular flexibility index (Phi) is 19.5. The van der Waals surface area contributed by atoms with Gasteiger partial charge in [-0.1, -0.05) is 168 Å². The lowest BCUT2D eigenvalue weighted by Crippen LogP contribution is -2.35. The van der Waals surface area contributed by atoms with E-state index < -0.39 is 33.4 Å². The number of rotatable bonds is 32. The summed E-state index contributed by atoms with van der Waals surface area (Å²) in [5, 5.41) is 1.47. The molecule has 0 amide bonds. The molecule has 10 rings (SSSR count). The second kappa shape index (κ2) is 26.7. The van der Waals surface area contributed by atoms with Crippen LogP contribution >= 0.6 is 0 Å². The summed E-state index contributed by atoms with van der Waals surface area (Å²) >= 11 is 0. The van der Waals surface area contributed by atoms with Gasteiger partial charge in [0.25, 0.3) is 44.5 Å². The zero-order valence-electron chi connectivity index (χ0n) is 49.9. The van der Waals surface area contributed by atoms with Crippen molar-refractivity contribution < 1.29 is 0 Å². The summed E-state index contributed by atoms with van der Waals surface area (Å²) in [6.07, 6.45) is 40.8. The van der Waals surface area contributed by atoms with Crippen LogP contribution in [0, 0.1) is 59.2 Å². The van der Waals surface area contributed by atoms with E-state index in [2.05, 4.69) is 20.8 Å². The molecule has 4 aromatic heterocycles. The van der Waals surface area contributed by atoms with Crippen molar-refractivity contribution in [3.8, 4) is 0 Å². The zero-order chi connectivity index (χ0) is 56.9. The van der Waals surface area contributed by atoms with Gasteiger partial charge < -0.3 is 0 Å². The molecular formula is C69H96N4O8. The fourth-order valence-corrected chi connectivity index (χ4v) is 17.6. The van der Waals surface area contributed by atoms with Crippen molar-refractivity contribution in [2.45, 2.75) is 246 Å². The van der Waals surface area contributed by atoms with Gasteiger partial charge in [0.1, 0.15) is 0 Å². The third kappa shape index (κ3) is 12.2. The molecule has 0 radical (unpaired) electrons. The first-order valence-corrected chi connectivity index (χ1v) is 33.1. The minimum Gasteiger partial charge on any atom is -0.277 e. The smallest absolute Gasteiger partial charge is 0.261 e. The van der Waals surface area contributed by atoms with Gasteiger partial charge >= 0.3 is 0 Å². The van der Waals surface area contributed by atoms with Crippen LogP contribution in [0.3, 0.4) is 0 Å². The molecule has 10 atom stereocenters. The van der Waals surface area contributed by atoms with Crippen molar-refractivity contribution >= 4 is 43.1 Å². The van der Waals surface area contributed by atoms with Crippen LogP contribution in [0.1, 0.15) is 226 Å². The molecule has 12 nitrogen and oxygen atoms in total. The summed E-state index contributed by atoms with van der Waals surface area (Å²) < 4.78 is 4.94. The minimum atomic E-state index is -0.481. The molecule has 4 aliphatic carbocycles. The zero-order valence-corrected chi connectivity index (χ0v) is 49.9. The lowest BCUT2D eigenvalue weighted by Gasteiger charge is -2.44. The minimum absolute atomic E-state index is 0.101. The number of benzene rings is 2. The van der Waals surface area contributed by atoms with E-state index in [1.165, 1.54) is 206 Å². The van der Waals surface area contributed by atoms with Crippen LogP contribution in [0.2, 0.25) is 0 Å². The van der Waals surface area contributed by atoms with Crippen LogP contribution in [-0.4, -0.2) is 18.3 Å². The highest BCUT2D eigenvalue weighted by atomic mass is 16.2. The van der Waals surface area contributed by atoms with E-state index in [0.29, 0.717) is 30.2 Å². The predicted molar refractivity (Wildman–Crippen MR) is 330 cm³/mol. The number of unbranched alkanes of at least 4 members (excludes halogenated alkanes) is 18. The van der Waals surface area contributed by atoms with E-state index in [1.807, 2.05) is 0 Å². The lowest BCUT2D eigenvalue weighted by atomic mass is 9.61. The molecule has 6 aromatic rings. The van der Waals surface area contributed by atoms with Crippen molar-refractivity contribution in [2.24, 2.45) is 66.2 Å². The first-order chi connectivity index (χ1) is 39.3. The average molecular weight is 1110 g/mol. The highest BCUT2D eigenvalue weighted by molar-refractivity contribution is 5.98. The van der Waals surface area contributed by atoms with E-state index in [0.717, 1.165) is 73.2 Å². The van der Waals surface area contributed by atoms with Crippen LogP contribution < -0.4 is 44.5 Å². The first-order valence-electron chi connectivity index (χ1n) is 33.1. The third-order valence-corrected chi connectivity index (χ3v) is 21.9. The van der Waals surface area contributed by atoms with E-state index in [-0.39, 0.29) is 79.1 Å². The van der Waals surface area contributed by atoms with E-state index in [4.69, 9.17) is 0 Å². The molecule has 0 spiro atoms. The lowest BCUT2D eigenvalue weighted by molar-refractivity contribution is 0.0581. The van der Waals surface area contributed by atoms with Gasteiger partial charge in [0.05, 0.1) is 43.1 Å². The molecule has 0 N–H and O–H groups in total. The molecule has 4 heterocycles. The molecule has 81 heavy (non-hydrogen) atoms. The van der Waals surface area contributed by atoms with Gasteiger partial charge in [0.2, 0.25) is 0 Å². The van der Waals surface area contributed by atoms with Crippen LogP contribution in [0.5, 0.6) is 0 Å². The Morgan fingerprint density at radius 3 is 1.16 bits per heavy atom.